The van der Waals surface area contributed by atoms with Crippen LogP contribution in [0.25, 0.3) is 10.2 Å². The molecule has 19 heavy (non-hydrogen) atoms. The zero-order valence-electron chi connectivity index (χ0n) is 11.2. The number of nitrogens with zero attached hydrogens (tertiary/aromatic N) is 1. The fourth-order valence-corrected chi connectivity index (χ4v) is 3.58. The number of hydrogen-bond acceptors (Lipinski definition) is 4. The number of aromatic nitrogens is 1. The summed E-state index contributed by atoms with van der Waals surface area (Å²) >= 11 is 1.74. The van der Waals surface area contributed by atoms with Crippen molar-refractivity contribution in [2.75, 3.05) is 6.54 Å². The largest absolute Gasteiger partial charge is 0.393 e. The lowest BCUT2D eigenvalue weighted by Crippen LogP contribution is -2.25. The van der Waals surface area contributed by atoms with Crippen molar-refractivity contribution in [3.63, 3.8) is 0 Å². The van der Waals surface area contributed by atoms with E-state index in [4.69, 9.17) is 0 Å². The van der Waals surface area contributed by atoms with Crippen molar-refractivity contribution >= 4 is 21.6 Å². The number of thiophene rings is 1. The third-order valence-electron chi connectivity index (χ3n) is 4.05. The molecule has 1 fully saturated rings. The summed E-state index contributed by atoms with van der Waals surface area (Å²) in [6, 6.07) is 4.60. The van der Waals surface area contributed by atoms with Gasteiger partial charge in [0.1, 0.15) is 0 Å². The molecule has 2 aromatic rings. The summed E-state index contributed by atoms with van der Waals surface area (Å²) in [6.45, 7) is 3.17. The predicted molar refractivity (Wildman–Crippen MR) is 79.4 cm³/mol. The van der Waals surface area contributed by atoms with Crippen LogP contribution in [0.2, 0.25) is 0 Å². The summed E-state index contributed by atoms with van der Waals surface area (Å²) in [5, 5.41) is 15.2. The Morgan fingerprint density at radius 2 is 2.42 bits per heavy atom. The maximum atomic E-state index is 9.54. The second kappa shape index (κ2) is 5.57. The Morgan fingerprint density at radius 1 is 1.53 bits per heavy atom. The third-order valence-corrected chi connectivity index (χ3v) is 4.90. The quantitative estimate of drug-likeness (QED) is 0.902. The van der Waals surface area contributed by atoms with Crippen LogP contribution in [0.1, 0.15) is 37.8 Å². The number of aliphatic hydroxyl groups excluding tert-OH is 1. The first kappa shape index (κ1) is 13.0. The Bertz CT molecular complexity index is 554. The highest BCUT2D eigenvalue weighted by molar-refractivity contribution is 7.17. The molecule has 0 amide bonds. The van der Waals surface area contributed by atoms with E-state index in [1.54, 1.807) is 11.3 Å². The molecule has 1 saturated carbocycles. The van der Waals surface area contributed by atoms with Gasteiger partial charge in [0.25, 0.3) is 0 Å². The van der Waals surface area contributed by atoms with Crippen LogP contribution in [0.4, 0.5) is 0 Å². The maximum Gasteiger partial charge on any atom is 0.0809 e. The lowest BCUT2D eigenvalue weighted by Gasteiger charge is -2.17. The number of fused-ring (bicyclic) bond motifs is 1. The van der Waals surface area contributed by atoms with Gasteiger partial charge in [0.15, 0.2) is 0 Å². The van der Waals surface area contributed by atoms with Crippen LogP contribution in [0.3, 0.4) is 0 Å². The second-order valence-electron chi connectivity index (χ2n) is 5.54. The monoisotopic (exact) mass is 276 g/mol. The van der Waals surface area contributed by atoms with Gasteiger partial charge in [-0.05, 0) is 61.7 Å². The Labute approximate surface area is 117 Å². The van der Waals surface area contributed by atoms with Crippen LogP contribution in [0, 0.1) is 5.92 Å². The molecule has 0 radical (unpaired) electrons. The molecule has 0 spiro atoms. The molecular weight excluding hydrogens is 256 g/mol. The van der Waals surface area contributed by atoms with E-state index in [0.29, 0.717) is 12.0 Å². The Balaban J connectivity index is 1.61. The molecule has 0 bridgehead atoms. The van der Waals surface area contributed by atoms with Crippen molar-refractivity contribution in [3.8, 4) is 0 Å². The van der Waals surface area contributed by atoms with Gasteiger partial charge in [0.05, 0.1) is 16.3 Å². The summed E-state index contributed by atoms with van der Waals surface area (Å²) in [5.41, 5.74) is 2.33. The van der Waals surface area contributed by atoms with E-state index < -0.39 is 0 Å². The molecule has 3 rings (SSSR count). The van der Waals surface area contributed by atoms with Crippen LogP contribution in [-0.4, -0.2) is 22.7 Å². The van der Waals surface area contributed by atoms with Crippen molar-refractivity contribution in [1.82, 2.24) is 10.3 Å². The minimum Gasteiger partial charge on any atom is -0.393 e. The minimum absolute atomic E-state index is 0.0776. The van der Waals surface area contributed by atoms with Crippen LogP contribution < -0.4 is 5.32 Å². The molecule has 0 aliphatic heterocycles. The number of hydrogen-bond donors (Lipinski definition) is 2. The predicted octanol–water partition coefficient (Wildman–Crippen LogP) is 3.11. The molecule has 3 atom stereocenters. The van der Waals surface area contributed by atoms with Crippen LogP contribution in [-0.2, 0) is 0 Å². The minimum atomic E-state index is -0.0776. The summed E-state index contributed by atoms with van der Waals surface area (Å²) in [6.07, 6.45) is 4.94. The molecule has 2 N–H and O–H groups in total. The van der Waals surface area contributed by atoms with Gasteiger partial charge in [0.2, 0.25) is 0 Å². The molecule has 4 heteroatoms. The molecule has 102 valence electrons. The molecule has 3 unspecified atom stereocenters. The van der Waals surface area contributed by atoms with Crippen LogP contribution in [0.15, 0.2) is 23.7 Å². The maximum absolute atomic E-state index is 9.54. The highest BCUT2D eigenvalue weighted by atomic mass is 32.1. The summed E-state index contributed by atoms with van der Waals surface area (Å²) < 4.78 is 1.25. The van der Waals surface area contributed by atoms with Crippen LogP contribution in [0.5, 0.6) is 0 Å². The average molecular weight is 276 g/mol. The first-order valence-electron chi connectivity index (χ1n) is 6.97. The third kappa shape index (κ3) is 2.96. The highest BCUT2D eigenvalue weighted by Crippen LogP contribution is 2.26. The first-order valence-corrected chi connectivity index (χ1v) is 7.85. The standard InChI is InChI=1S/C15H20N2OS/c1-10(16-8-11-2-3-13(18)6-11)12-7-15-14(17-9-12)4-5-19-15/h4-5,7,9-11,13,16,18H,2-3,6,8H2,1H3. The van der Waals surface area contributed by atoms with Gasteiger partial charge in [-0.2, -0.15) is 0 Å². The van der Waals surface area contributed by atoms with E-state index in [1.165, 1.54) is 10.3 Å². The summed E-state index contributed by atoms with van der Waals surface area (Å²) in [5.74, 6) is 0.621. The van der Waals surface area contributed by atoms with E-state index in [2.05, 4.69) is 34.7 Å². The molecule has 0 saturated heterocycles. The second-order valence-corrected chi connectivity index (χ2v) is 6.48. The molecule has 1 aliphatic rings. The molecular formula is C15H20N2OS. The zero-order chi connectivity index (χ0) is 13.2. The fraction of sp³-hybridized carbons (Fsp3) is 0.533. The lowest BCUT2D eigenvalue weighted by atomic mass is 10.1. The topological polar surface area (TPSA) is 45.1 Å². The Hall–Kier alpha value is -0.970. The molecule has 3 nitrogen and oxygen atoms in total. The van der Waals surface area contributed by atoms with Crippen molar-refractivity contribution < 1.29 is 5.11 Å². The molecule has 2 heterocycles. The van der Waals surface area contributed by atoms with E-state index in [0.717, 1.165) is 31.3 Å². The van der Waals surface area contributed by atoms with Gasteiger partial charge in [-0.25, -0.2) is 0 Å². The number of aliphatic hydroxyl groups is 1. The van der Waals surface area contributed by atoms with Gasteiger partial charge in [0, 0.05) is 12.2 Å². The Kier molecular flexibility index (Phi) is 3.82. The van der Waals surface area contributed by atoms with Crippen molar-refractivity contribution in [2.24, 2.45) is 5.92 Å². The average Bonchev–Trinajstić information content (AvgIpc) is 3.03. The smallest absolute Gasteiger partial charge is 0.0809 e. The van der Waals surface area contributed by atoms with Crippen molar-refractivity contribution in [1.29, 1.82) is 0 Å². The Morgan fingerprint density at radius 3 is 3.21 bits per heavy atom. The fourth-order valence-electron chi connectivity index (χ4n) is 2.79. The van der Waals surface area contributed by atoms with Crippen molar-refractivity contribution in [3.05, 3.63) is 29.3 Å². The molecule has 2 aromatic heterocycles. The van der Waals surface area contributed by atoms with Gasteiger partial charge in [-0.1, -0.05) is 0 Å². The van der Waals surface area contributed by atoms with E-state index >= 15 is 0 Å². The zero-order valence-corrected chi connectivity index (χ0v) is 12.0. The van der Waals surface area contributed by atoms with Crippen LogP contribution >= 0.6 is 11.3 Å². The number of pyridine rings is 1. The lowest BCUT2D eigenvalue weighted by molar-refractivity contribution is 0.177. The summed E-state index contributed by atoms with van der Waals surface area (Å²) in [4.78, 5) is 4.48. The number of nitrogens with one attached hydrogen (secondary N) is 1. The highest BCUT2D eigenvalue weighted by Gasteiger charge is 2.22. The van der Waals surface area contributed by atoms with Gasteiger partial charge in [-0.3, -0.25) is 4.98 Å². The normalized spacial score (nSPS) is 24.9. The molecule has 0 aromatic carbocycles. The SMILES string of the molecule is CC(NCC1CCC(O)C1)c1cnc2ccsc2c1. The molecule has 1 aliphatic carbocycles. The van der Waals surface area contributed by atoms with Gasteiger partial charge < -0.3 is 10.4 Å². The van der Waals surface area contributed by atoms with Crippen molar-refractivity contribution in [2.45, 2.75) is 38.3 Å². The number of rotatable bonds is 4. The van der Waals surface area contributed by atoms with E-state index in [-0.39, 0.29) is 6.10 Å². The van der Waals surface area contributed by atoms with Gasteiger partial charge >= 0.3 is 0 Å². The first-order chi connectivity index (χ1) is 9.22. The summed E-state index contributed by atoms with van der Waals surface area (Å²) in [7, 11) is 0. The van der Waals surface area contributed by atoms with Gasteiger partial charge in [-0.15, -0.1) is 11.3 Å². The van der Waals surface area contributed by atoms with E-state index in [9.17, 15) is 5.11 Å². The van der Waals surface area contributed by atoms with E-state index in [1.807, 2.05) is 6.20 Å².